The van der Waals surface area contributed by atoms with Crippen molar-refractivity contribution in [2.45, 2.75) is 33.2 Å². The number of carbonyl (C=O) groups excluding carboxylic acids is 2. The number of benzene rings is 1. The first kappa shape index (κ1) is 22.3. The maximum absolute atomic E-state index is 13.1. The molecule has 1 atom stereocenters. The summed E-state index contributed by atoms with van der Waals surface area (Å²) >= 11 is 0. The van der Waals surface area contributed by atoms with Crippen molar-refractivity contribution in [2.24, 2.45) is 0 Å². The number of hydrogen-bond acceptors (Lipinski definition) is 6. The smallest absolute Gasteiger partial charge is 0.295 e. The first-order valence-electron chi connectivity index (χ1n) is 11.1. The van der Waals surface area contributed by atoms with Crippen molar-refractivity contribution in [3.05, 3.63) is 64.1 Å². The lowest BCUT2D eigenvalue weighted by molar-refractivity contribution is -0.140. The van der Waals surface area contributed by atoms with Crippen LogP contribution >= 0.6 is 0 Å². The molecule has 1 aromatic carbocycles. The van der Waals surface area contributed by atoms with Crippen LogP contribution in [0.3, 0.4) is 0 Å². The van der Waals surface area contributed by atoms with E-state index in [1.165, 1.54) is 4.90 Å². The van der Waals surface area contributed by atoms with Crippen molar-refractivity contribution >= 4 is 17.4 Å². The molecule has 2 aliphatic rings. The van der Waals surface area contributed by atoms with Gasteiger partial charge in [-0.05, 0) is 51.0 Å². The fourth-order valence-corrected chi connectivity index (χ4v) is 4.43. The van der Waals surface area contributed by atoms with Gasteiger partial charge in [-0.1, -0.05) is 17.7 Å². The first-order valence-corrected chi connectivity index (χ1v) is 11.1. The number of carbonyl (C=O) groups is 2. The van der Waals surface area contributed by atoms with E-state index < -0.39 is 17.7 Å². The van der Waals surface area contributed by atoms with Crippen LogP contribution < -0.4 is 0 Å². The summed E-state index contributed by atoms with van der Waals surface area (Å²) in [5, 5.41) is 11.2. The molecule has 2 aliphatic heterocycles. The zero-order valence-corrected chi connectivity index (χ0v) is 18.9. The Labute approximate surface area is 188 Å². The lowest BCUT2D eigenvalue weighted by Gasteiger charge is -2.28. The minimum atomic E-state index is -0.742. The molecule has 0 aliphatic carbocycles. The average molecular weight is 439 g/mol. The van der Waals surface area contributed by atoms with E-state index in [0.29, 0.717) is 43.3 Å². The van der Waals surface area contributed by atoms with Crippen LogP contribution in [0.1, 0.15) is 40.7 Å². The standard InChI is InChI=1S/C25H30N2O5/c1-16-5-6-17(2)19(15-16)23(28)21-22(20-8-7-18(3)32-20)27(25(30)24(21)29)10-4-9-26-11-13-31-14-12-26/h5-8,15,22,28H,4,9-14H2,1-3H3/t22-/m0/s1. The zero-order chi connectivity index (χ0) is 22.8. The van der Waals surface area contributed by atoms with E-state index in [1.807, 2.05) is 39.0 Å². The molecule has 3 heterocycles. The number of rotatable bonds is 6. The Hall–Kier alpha value is -2.90. The number of amides is 1. The minimum absolute atomic E-state index is 0.0874. The summed E-state index contributed by atoms with van der Waals surface area (Å²) in [6, 6.07) is 8.52. The van der Waals surface area contributed by atoms with Gasteiger partial charge in [0.15, 0.2) is 0 Å². The summed E-state index contributed by atoms with van der Waals surface area (Å²) in [5.41, 5.74) is 2.44. The normalized spacial score (nSPS) is 21.5. The van der Waals surface area contributed by atoms with Crippen molar-refractivity contribution in [1.82, 2.24) is 9.80 Å². The number of Topliss-reactive ketones (excluding diaryl/α,β-unsaturated/α-hetero) is 1. The number of nitrogens with zero attached hydrogens (tertiary/aromatic N) is 2. The number of aliphatic hydroxyl groups is 1. The maximum Gasteiger partial charge on any atom is 0.295 e. The van der Waals surface area contributed by atoms with Crippen molar-refractivity contribution in [3.8, 4) is 0 Å². The van der Waals surface area contributed by atoms with Gasteiger partial charge in [0, 0.05) is 31.7 Å². The molecule has 1 aromatic heterocycles. The first-order chi connectivity index (χ1) is 15.4. The summed E-state index contributed by atoms with van der Waals surface area (Å²) in [4.78, 5) is 30.0. The highest BCUT2D eigenvalue weighted by Crippen LogP contribution is 2.40. The molecule has 2 aromatic rings. The van der Waals surface area contributed by atoms with E-state index in [2.05, 4.69) is 4.90 Å². The highest BCUT2D eigenvalue weighted by Gasteiger charge is 2.47. The van der Waals surface area contributed by atoms with Crippen LogP contribution in [-0.2, 0) is 14.3 Å². The predicted octanol–water partition coefficient (Wildman–Crippen LogP) is 3.35. The quantitative estimate of drug-likeness (QED) is 0.423. The van der Waals surface area contributed by atoms with Crippen molar-refractivity contribution < 1.29 is 23.8 Å². The van der Waals surface area contributed by atoms with Crippen molar-refractivity contribution in [1.29, 1.82) is 0 Å². The van der Waals surface area contributed by atoms with Gasteiger partial charge in [0.2, 0.25) is 0 Å². The van der Waals surface area contributed by atoms with E-state index in [0.717, 1.165) is 30.8 Å². The van der Waals surface area contributed by atoms with Gasteiger partial charge >= 0.3 is 0 Å². The minimum Gasteiger partial charge on any atom is -0.507 e. The molecule has 32 heavy (non-hydrogen) atoms. The lowest BCUT2D eigenvalue weighted by atomic mass is 9.96. The van der Waals surface area contributed by atoms with Crippen LogP contribution in [0.2, 0.25) is 0 Å². The summed E-state index contributed by atoms with van der Waals surface area (Å²) in [7, 11) is 0. The monoisotopic (exact) mass is 438 g/mol. The van der Waals surface area contributed by atoms with E-state index in [4.69, 9.17) is 9.15 Å². The molecule has 170 valence electrons. The predicted molar refractivity (Wildman–Crippen MR) is 120 cm³/mol. The fraction of sp³-hybridized carbons (Fsp3) is 0.440. The molecule has 1 amide bonds. The van der Waals surface area contributed by atoms with Crippen LogP contribution in [0.15, 0.2) is 40.3 Å². The van der Waals surface area contributed by atoms with Gasteiger partial charge in [0.05, 0.1) is 18.8 Å². The van der Waals surface area contributed by atoms with E-state index in [1.54, 1.807) is 12.1 Å². The summed E-state index contributed by atoms with van der Waals surface area (Å²) in [6.07, 6.45) is 0.715. The lowest BCUT2D eigenvalue weighted by Crippen LogP contribution is -2.38. The third-order valence-electron chi connectivity index (χ3n) is 6.20. The Morgan fingerprint density at radius 2 is 1.81 bits per heavy atom. The number of ketones is 1. The molecule has 7 nitrogen and oxygen atoms in total. The van der Waals surface area contributed by atoms with Crippen LogP contribution in [-0.4, -0.2) is 66.0 Å². The van der Waals surface area contributed by atoms with Crippen molar-refractivity contribution in [3.63, 3.8) is 0 Å². The van der Waals surface area contributed by atoms with Gasteiger partial charge in [0.1, 0.15) is 23.3 Å². The highest BCUT2D eigenvalue weighted by molar-refractivity contribution is 6.46. The fourth-order valence-electron chi connectivity index (χ4n) is 4.43. The molecule has 2 fully saturated rings. The molecule has 4 rings (SSSR count). The number of furan rings is 1. The Bertz CT molecular complexity index is 1050. The molecule has 2 saturated heterocycles. The van der Waals surface area contributed by atoms with E-state index in [9.17, 15) is 14.7 Å². The van der Waals surface area contributed by atoms with Gasteiger partial charge in [-0.3, -0.25) is 14.5 Å². The maximum atomic E-state index is 13.1. The second-order valence-corrected chi connectivity index (χ2v) is 8.57. The molecule has 0 spiro atoms. The molecule has 0 radical (unpaired) electrons. The molecule has 7 heteroatoms. The van der Waals surface area contributed by atoms with E-state index >= 15 is 0 Å². The summed E-state index contributed by atoms with van der Waals surface area (Å²) < 4.78 is 11.2. The number of likely N-dealkylation sites (tertiary alicyclic amines) is 1. The second kappa shape index (κ2) is 9.30. The average Bonchev–Trinajstić information content (AvgIpc) is 3.32. The Morgan fingerprint density at radius 3 is 2.50 bits per heavy atom. The number of morpholine rings is 1. The van der Waals surface area contributed by atoms with Gasteiger partial charge < -0.3 is 19.2 Å². The molecular weight excluding hydrogens is 408 g/mol. The van der Waals surface area contributed by atoms with Gasteiger partial charge in [-0.25, -0.2) is 0 Å². The Morgan fingerprint density at radius 1 is 1.06 bits per heavy atom. The second-order valence-electron chi connectivity index (χ2n) is 8.57. The van der Waals surface area contributed by atoms with Gasteiger partial charge in [-0.2, -0.15) is 0 Å². The van der Waals surface area contributed by atoms with Crippen LogP contribution in [0.4, 0.5) is 0 Å². The molecule has 0 saturated carbocycles. The Kier molecular flexibility index (Phi) is 6.48. The van der Waals surface area contributed by atoms with Crippen molar-refractivity contribution in [2.75, 3.05) is 39.4 Å². The Balaban J connectivity index is 1.68. The molecule has 1 N–H and O–H groups in total. The summed E-state index contributed by atoms with van der Waals surface area (Å²) in [5.74, 6) is -0.253. The number of aryl methyl sites for hydroxylation is 3. The van der Waals surface area contributed by atoms with Crippen LogP contribution in [0, 0.1) is 20.8 Å². The van der Waals surface area contributed by atoms with Crippen LogP contribution in [0.25, 0.3) is 5.76 Å². The van der Waals surface area contributed by atoms with Crippen LogP contribution in [0.5, 0.6) is 0 Å². The summed E-state index contributed by atoms with van der Waals surface area (Å²) in [6.45, 7) is 9.99. The zero-order valence-electron chi connectivity index (χ0n) is 18.9. The molecule has 0 unspecified atom stereocenters. The third-order valence-corrected chi connectivity index (χ3v) is 6.20. The number of aliphatic hydroxyl groups excluding tert-OH is 1. The largest absolute Gasteiger partial charge is 0.507 e. The number of hydrogen-bond donors (Lipinski definition) is 1. The topological polar surface area (TPSA) is 83.2 Å². The SMILES string of the molecule is Cc1ccc(C)c(C(O)=C2C(=O)C(=O)N(CCCN3CCOCC3)[C@H]2c2ccc(C)o2)c1. The van der Waals surface area contributed by atoms with Gasteiger partial charge in [-0.15, -0.1) is 0 Å². The van der Waals surface area contributed by atoms with Gasteiger partial charge in [0.25, 0.3) is 11.7 Å². The molecular formula is C25H30N2O5. The molecule has 0 bridgehead atoms. The highest BCUT2D eigenvalue weighted by atomic mass is 16.5. The van der Waals surface area contributed by atoms with E-state index in [-0.39, 0.29) is 11.3 Å². The third kappa shape index (κ3) is 4.36. The number of ether oxygens (including phenoxy) is 1.